The molecule has 2 rings (SSSR count). The average molecular weight is 535 g/mol. The Hall–Kier alpha value is -3.45. The Balaban J connectivity index is 2.22. The standard InChI is InChI=1S/C32H46N4O3/c1-9-28(21-31(36(10-2)27(8)37)35-15-17-39-18-16-35)20-29-22-30(12-11-24(29)5)34-32(38)25(6)13-14-33-26(7)19-23(3)4/h9,11-14,21-23H,7,10,15-20H2,1-6,8H3,(H,34,38)/b25-13+,28-9-,31-21-,33-14-. The van der Waals surface area contributed by atoms with Crippen molar-refractivity contribution >= 4 is 23.7 Å². The zero-order valence-corrected chi connectivity index (χ0v) is 24.8. The monoisotopic (exact) mass is 534 g/mol. The number of carbonyl (C=O) groups is 2. The van der Waals surface area contributed by atoms with E-state index in [0.717, 1.165) is 53.4 Å². The molecule has 1 aromatic carbocycles. The van der Waals surface area contributed by atoms with Crippen molar-refractivity contribution in [1.82, 2.24) is 9.80 Å². The van der Waals surface area contributed by atoms with E-state index in [1.165, 1.54) is 0 Å². The molecular weight excluding hydrogens is 488 g/mol. The molecule has 212 valence electrons. The molecule has 2 amide bonds. The van der Waals surface area contributed by atoms with Gasteiger partial charge in [0.1, 0.15) is 5.82 Å². The van der Waals surface area contributed by atoms with Crippen LogP contribution in [0.1, 0.15) is 59.1 Å². The van der Waals surface area contributed by atoms with Crippen LogP contribution in [0.3, 0.4) is 0 Å². The number of benzene rings is 1. The molecule has 0 radical (unpaired) electrons. The van der Waals surface area contributed by atoms with Gasteiger partial charge in [-0.25, -0.2) is 0 Å². The molecule has 7 heteroatoms. The van der Waals surface area contributed by atoms with Crippen LogP contribution >= 0.6 is 0 Å². The first kappa shape index (κ1) is 31.8. The normalized spacial score (nSPS) is 15.2. The maximum Gasteiger partial charge on any atom is 0.251 e. The second-order valence-electron chi connectivity index (χ2n) is 10.3. The average Bonchev–Trinajstić information content (AvgIpc) is 2.89. The first-order valence-electron chi connectivity index (χ1n) is 13.8. The van der Waals surface area contributed by atoms with Crippen LogP contribution in [-0.4, -0.2) is 60.7 Å². The number of hydrogen-bond donors (Lipinski definition) is 1. The topological polar surface area (TPSA) is 74.2 Å². The van der Waals surface area contributed by atoms with E-state index in [1.807, 2.05) is 36.9 Å². The van der Waals surface area contributed by atoms with Crippen LogP contribution in [0.2, 0.25) is 0 Å². The number of nitrogens with one attached hydrogen (secondary N) is 1. The molecule has 39 heavy (non-hydrogen) atoms. The molecule has 1 saturated heterocycles. The van der Waals surface area contributed by atoms with E-state index in [1.54, 1.807) is 26.1 Å². The fraction of sp³-hybridized carbons (Fsp3) is 0.469. The highest BCUT2D eigenvalue weighted by Gasteiger charge is 2.21. The van der Waals surface area contributed by atoms with Crippen molar-refractivity contribution in [2.24, 2.45) is 10.9 Å². The molecule has 0 aromatic heterocycles. The van der Waals surface area contributed by atoms with Gasteiger partial charge >= 0.3 is 0 Å². The Labute approximate surface area is 235 Å². The molecule has 0 bridgehead atoms. The van der Waals surface area contributed by atoms with E-state index < -0.39 is 0 Å². The van der Waals surface area contributed by atoms with Crippen molar-refractivity contribution in [3.63, 3.8) is 0 Å². The van der Waals surface area contributed by atoms with Crippen LogP contribution in [0, 0.1) is 12.8 Å². The summed E-state index contributed by atoms with van der Waals surface area (Å²) < 4.78 is 5.54. The van der Waals surface area contributed by atoms with Gasteiger partial charge in [-0.1, -0.05) is 32.6 Å². The highest BCUT2D eigenvalue weighted by Crippen LogP contribution is 2.23. The van der Waals surface area contributed by atoms with Gasteiger partial charge in [0.15, 0.2) is 0 Å². The third kappa shape index (κ3) is 10.3. The summed E-state index contributed by atoms with van der Waals surface area (Å²) in [6.45, 7) is 21.0. The van der Waals surface area contributed by atoms with Crippen LogP contribution in [0.15, 0.2) is 70.7 Å². The van der Waals surface area contributed by atoms with Gasteiger partial charge in [0, 0.05) is 49.7 Å². The minimum absolute atomic E-state index is 0.0179. The lowest BCUT2D eigenvalue weighted by Gasteiger charge is -2.36. The van der Waals surface area contributed by atoms with Crippen LogP contribution in [0.4, 0.5) is 5.69 Å². The number of allylic oxidation sites excluding steroid dienone is 5. The van der Waals surface area contributed by atoms with Crippen LogP contribution in [0.5, 0.6) is 0 Å². The lowest BCUT2D eigenvalue weighted by molar-refractivity contribution is -0.128. The van der Waals surface area contributed by atoms with E-state index >= 15 is 0 Å². The molecule has 0 spiro atoms. The minimum atomic E-state index is -0.175. The Morgan fingerprint density at radius 3 is 2.51 bits per heavy atom. The van der Waals surface area contributed by atoms with Crippen molar-refractivity contribution in [1.29, 1.82) is 0 Å². The van der Waals surface area contributed by atoms with Crippen molar-refractivity contribution in [2.75, 3.05) is 38.2 Å². The van der Waals surface area contributed by atoms with Gasteiger partial charge < -0.3 is 15.0 Å². The number of aryl methyl sites for hydroxylation is 1. The van der Waals surface area contributed by atoms with Crippen molar-refractivity contribution in [3.05, 3.63) is 76.8 Å². The second-order valence-corrected chi connectivity index (χ2v) is 10.3. The van der Waals surface area contributed by atoms with E-state index in [0.29, 0.717) is 37.7 Å². The molecule has 1 N–H and O–H groups in total. The molecule has 7 nitrogen and oxygen atoms in total. The Kier molecular flexibility index (Phi) is 12.9. The van der Waals surface area contributed by atoms with Gasteiger partial charge in [-0.3, -0.25) is 19.5 Å². The zero-order chi connectivity index (χ0) is 28.9. The molecule has 1 aliphatic heterocycles. The van der Waals surface area contributed by atoms with Gasteiger partial charge in [-0.15, -0.1) is 0 Å². The van der Waals surface area contributed by atoms with Gasteiger partial charge in [-0.2, -0.15) is 0 Å². The summed E-state index contributed by atoms with van der Waals surface area (Å²) in [5.41, 5.74) is 5.44. The molecule has 1 aromatic rings. The lowest BCUT2D eigenvalue weighted by Crippen LogP contribution is -2.43. The quantitative estimate of drug-likeness (QED) is 0.202. The van der Waals surface area contributed by atoms with Gasteiger partial charge in [-0.05, 0) is 87.4 Å². The Morgan fingerprint density at radius 1 is 1.23 bits per heavy atom. The van der Waals surface area contributed by atoms with E-state index in [2.05, 4.69) is 54.7 Å². The van der Waals surface area contributed by atoms with Gasteiger partial charge in [0.2, 0.25) is 5.91 Å². The molecule has 0 atom stereocenters. The number of morpholine rings is 1. The van der Waals surface area contributed by atoms with E-state index in [9.17, 15) is 9.59 Å². The predicted octanol–water partition coefficient (Wildman–Crippen LogP) is 6.04. The fourth-order valence-electron chi connectivity index (χ4n) is 4.32. The number of amides is 2. The molecule has 1 heterocycles. The number of aliphatic imine (C=N–C) groups is 1. The summed E-state index contributed by atoms with van der Waals surface area (Å²) in [5, 5.41) is 3.00. The highest BCUT2D eigenvalue weighted by atomic mass is 16.5. The molecule has 0 saturated carbocycles. The van der Waals surface area contributed by atoms with E-state index in [4.69, 9.17) is 4.74 Å². The lowest BCUT2D eigenvalue weighted by atomic mass is 9.99. The molecule has 0 unspecified atom stereocenters. The van der Waals surface area contributed by atoms with Crippen LogP contribution in [0.25, 0.3) is 0 Å². The summed E-state index contributed by atoms with van der Waals surface area (Å²) in [5.74, 6) is 1.24. The maximum absolute atomic E-state index is 12.8. The first-order chi connectivity index (χ1) is 18.5. The summed E-state index contributed by atoms with van der Waals surface area (Å²) in [4.78, 5) is 33.6. The number of rotatable bonds is 12. The number of carbonyl (C=O) groups excluding carboxylic acids is 2. The second kappa shape index (κ2) is 15.8. The molecular formula is C32H46N4O3. The third-order valence-electron chi connectivity index (χ3n) is 6.58. The minimum Gasteiger partial charge on any atom is -0.378 e. The smallest absolute Gasteiger partial charge is 0.251 e. The zero-order valence-electron chi connectivity index (χ0n) is 24.8. The number of ether oxygens (including phenoxy) is 1. The van der Waals surface area contributed by atoms with E-state index in [-0.39, 0.29) is 11.8 Å². The Bertz CT molecular complexity index is 1140. The molecule has 1 aliphatic rings. The van der Waals surface area contributed by atoms with Gasteiger partial charge in [0.25, 0.3) is 5.91 Å². The summed E-state index contributed by atoms with van der Waals surface area (Å²) in [7, 11) is 0. The number of anilines is 1. The summed E-state index contributed by atoms with van der Waals surface area (Å²) in [6, 6.07) is 5.96. The predicted molar refractivity (Wildman–Crippen MR) is 162 cm³/mol. The first-order valence-corrected chi connectivity index (χ1v) is 13.8. The molecule has 1 fully saturated rings. The maximum atomic E-state index is 12.8. The number of nitrogens with zero attached hydrogens (tertiary/aromatic N) is 3. The number of hydrogen-bond acceptors (Lipinski definition) is 5. The van der Waals surface area contributed by atoms with Crippen molar-refractivity contribution < 1.29 is 14.3 Å². The van der Waals surface area contributed by atoms with Crippen molar-refractivity contribution in [3.8, 4) is 0 Å². The van der Waals surface area contributed by atoms with Crippen LogP contribution < -0.4 is 5.32 Å². The highest BCUT2D eigenvalue weighted by molar-refractivity contribution is 6.05. The SMILES string of the molecule is C=C(CC(C)C)/N=C\C=C(/C)C(=O)Nc1ccc(C)c(CC(=C/C)/C=C(/N2CCOCC2)N(CC)C(C)=O)c1. The van der Waals surface area contributed by atoms with Gasteiger partial charge in [0.05, 0.1) is 13.2 Å². The van der Waals surface area contributed by atoms with Crippen molar-refractivity contribution in [2.45, 2.75) is 61.3 Å². The third-order valence-corrected chi connectivity index (χ3v) is 6.58. The molecule has 0 aliphatic carbocycles. The fourth-order valence-corrected chi connectivity index (χ4v) is 4.32. The largest absolute Gasteiger partial charge is 0.378 e. The van der Waals surface area contributed by atoms with Crippen LogP contribution in [-0.2, 0) is 20.7 Å². The summed E-state index contributed by atoms with van der Waals surface area (Å²) >= 11 is 0. The summed E-state index contributed by atoms with van der Waals surface area (Å²) in [6.07, 6.45) is 9.04. The Morgan fingerprint density at radius 2 is 1.92 bits per heavy atom.